The average Bonchev–Trinajstić information content (AvgIpc) is 2.43. The van der Waals surface area contributed by atoms with Crippen LogP contribution < -0.4 is 15.2 Å². The molecule has 0 aliphatic rings. The molecule has 108 valence electrons. The van der Waals surface area contributed by atoms with Crippen LogP contribution in [0.1, 0.15) is 24.8 Å². The predicted molar refractivity (Wildman–Crippen MR) is 77.0 cm³/mol. The van der Waals surface area contributed by atoms with Crippen molar-refractivity contribution in [1.82, 2.24) is 0 Å². The van der Waals surface area contributed by atoms with Crippen molar-refractivity contribution in [2.24, 2.45) is 5.73 Å². The van der Waals surface area contributed by atoms with Crippen LogP contribution in [0.25, 0.3) is 0 Å². The van der Waals surface area contributed by atoms with Gasteiger partial charge in [-0.1, -0.05) is 6.07 Å². The summed E-state index contributed by atoms with van der Waals surface area (Å²) < 4.78 is 16.4. The van der Waals surface area contributed by atoms with E-state index in [0.29, 0.717) is 13.2 Å². The molecule has 1 aromatic rings. The summed E-state index contributed by atoms with van der Waals surface area (Å²) in [5, 5.41) is 0. The van der Waals surface area contributed by atoms with Crippen molar-refractivity contribution in [3.63, 3.8) is 0 Å². The summed E-state index contributed by atoms with van der Waals surface area (Å²) in [5.74, 6) is 1.53. The van der Waals surface area contributed by atoms with Gasteiger partial charge in [0, 0.05) is 6.61 Å². The second-order valence-electron chi connectivity index (χ2n) is 4.46. The number of benzene rings is 1. The number of rotatable bonds is 10. The van der Waals surface area contributed by atoms with Gasteiger partial charge < -0.3 is 19.9 Å². The number of aryl methyl sites for hydroxylation is 1. The number of hydrogen-bond donors (Lipinski definition) is 1. The van der Waals surface area contributed by atoms with E-state index < -0.39 is 0 Å². The third-order valence-electron chi connectivity index (χ3n) is 2.80. The third-order valence-corrected chi connectivity index (χ3v) is 2.80. The third kappa shape index (κ3) is 6.45. The average molecular weight is 267 g/mol. The van der Waals surface area contributed by atoms with Crippen LogP contribution in [0.5, 0.6) is 11.5 Å². The highest BCUT2D eigenvalue weighted by Crippen LogP contribution is 2.27. The van der Waals surface area contributed by atoms with Gasteiger partial charge >= 0.3 is 0 Å². The summed E-state index contributed by atoms with van der Waals surface area (Å²) in [7, 11) is 1.65. The molecule has 0 aliphatic carbocycles. The van der Waals surface area contributed by atoms with Gasteiger partial charge in [-0.3, -0.25) is 0 Å². The molecule has 0 atom stereocenters. The molecular formula is C15H25NO3. The number of methoxy groups -OCH3 is 1. The Balaban J connectivity index is 2.15. The lowest BCUT2D eigenvalue weighted by Gasteiger charge is -2.11. The summed E-state index contributed by atoms with van der Waals surface area (Å²) in [4.78, 5) is 0. The highest BCUT2D eigenvalue weighted by molar-refractivity contribution is 5.42. The molecule has 1 aromatic carbocycles. The van der Waals surface area contributed by atoms with Crippen LogP contribution in [0.4, 0.5) is 0 Å². The molecule has 4 nitrogen and oxygen atoms in total. The van der Waals surface area contributed by atoms with Gasteiger partial charge in [0.1, 0.15) is 6.61 Å². The predicted octanol–water partition coefficient (Wildman–Crippen LogP) is 2.53. The van der Waals surface area contributed by atoms with Crippen molar-refractivity contribution in [3.8, 4) is 11.5 Å². The quantitative estimate of drug-likeness (QED) is 0.662. The van der Waals surface area contributed by atoms with Gasteiger partial charge in [0.05, 0.1) is 13.7 Å². The molecule has 2 N–H and O–H groups in total. The van der Waals surface area contributed by atoms with Crippen LogP contribution in [0, 0.1) is 6.92 Å². The van der Waals surface area contributed by atoms with Crippen molar-refractivity contribution in [1.29, 1.82) is 0 Å². The first-order valence-electron chi connectivity index (χ1n) is 6.83. The standard InChI is InChI=1S/C15H25NO3/c1-13-6-7-14(15(12-13)17-2)19-11-10-18-9-5-3-4-8-16/h6-7,12H,3-5,8-11,16H2,1-2H3. The van der Waals surface area contributed by atoms with E-state index in [4.69, 9.17) is 19.9 Å². The molecule has 0 unspecified atom stereocenters. The molecule has 0 saturated heterocycles. The zero-order valence-electron chi connectivity index (χ0n) is 12.0. The van der Waals surface area contributed by atoms with Gasteiger partial charge in [0.2, 0.25) is 0 Å². The Kier molecular flexibility index (Phi) is 8.02. The van der Waals surface area contributed by atoms with E-state index in [2.05, 4.69) is 0 Å². The summed E-state index contributed by atoms with van der Waals surface area (Å²) in [6, 6.07) is 5.89. The minimum Gasteiger partial charge on any atom is -0.493 e. The maximum absolute atomic E-state index is 5.64. The van der Waals surface area contributed by atoms with Crippen molar-refractivity contribution >= 4 is 0 Å². The lowest BCUT2D eigenvalue weighted by atomic mass is 10.2. The SMILES string of the molecule is COc1cc(C)ccc1OCCOCCCCCN. The Morgan fingerprint density at radius 3 is 2.58 bits per heavy atom. The normalized spacial score (nSPS) is 10.5. The molecule has 0 heterocycles. The number of ether oxygens (including phenoxy) is 3. The smallest absolute Gasteiger partial charge is 0.161 e. The topological polar surface area (TPSA) is 53.7 Å². The molecule has 19 heavy (non-hydrogen) atoms. The second kappa shape index (κ2) is 9.64. The minimum atomic E-state index is 0.538. The van der Waals surface area contributed by atoms with Gasteiger partial charge in [0.15, 0.2) is 11.5 Å². The van der Waals surface area contributed by atoms with Crippen LogP contribution in [-0.2, 0) is 4.74 Å². The van der Waals surface area contributed by atoms with E-state index >= 15 is 0 Å². The molecular weight excluding hydrogens is 242 g/mol. The maximum Gasteiger partial charge on any atom is 0.161 e. The summed E-state index contributed by atoms with van der Waals surface area (Å²) in [6.45, 7) is 4.69. The maximum atomic E-state index is 5.64. The summed E-state index contributed by atoms with van der Waals surface area (Å²) >= 11 is 0. The van der Waals surface area contributed by atoms with Crippen LogP contribution in [0.3, 0.4) is 0 Å². The Bertz CT molecular complexity index is 355. The van der Waals surface area contributed by atoms with Crippen LogP contribution in [-0.4, -0.2) is 33.5 Å². The highest BCUT2D eigenvalue weighted by Gasteiger charge is 2.03. The second-order valence-corrected chi connectivity index (χ2v) is 4.46. The van der Waals surface area contributed by atoms with Crippen LogP contribution in [0.15, 0.2) is 18.2 Å². The zero-order valence-corrected chi connectivity index (χ0v) is 12.0. The number of nitrogens with two attached hydrogens (primary N) is 1. The first kappa shape index (κ1) is 15.8. The van der Waals surface area contributed by atoms with E-state index in [0.717, 1.165) is 49.5 Å². The van der Waals surface area contributed by atoms with Gasteiger partial charge in [-0.2, -0.15) is 0 Å². The molecule has 1 rings (SSSR count). The van der Waals surface area contributed by atoms with E-state index in [1.165, 1.54) is 0 Å². The fraction of sp³-hybridized carbons (Fsp3) is 0.600. The van der Waals surface area contributed by atoms with E-state index in [1.807, 2.05) is 25.1 Å². The van der Waals surface area contributed by atoms with Crippen molar-refractivity contribution in [2.75, 3.05) is 33.5 Å². The van der Waals surface area contributed by atoms with Gasteiger partial charge in [-0.05, 0) is 50.4 Å². The number of unbranched alkanes of at least 4 members (excludes halogenated alkanes) is 2. The highest BCUT2D eigenvalue weighted by atomic mass is 16.5. The molecule has 0 saturated carbocycles. The van der Waals surface area contributed by atoms with Crippen molar-refractivity contribution < 1.29 is 14.2 Å². The fourth-order valence-electron chi connectivity index (χ4n) is 1.73. The van der Waals surface area contributed by atoms with Crippen molar-refractivity contribution in [2.45, 2.75) is 26.2 Å². The van der Waals surface area contributed by atoms with E-state index in [9.17, 15) is 0 Å². The molecule has 0 fully saturated rings. The molecule has 0 spiro atoms. The molecule has 4 heteroatoms. The first-order chi connectivity index (χ1) is 9.27. The zero-order chi connectivity index (χ0) is 13.9. The lowest BCUT2D eigenvalue weighted by Crippen LogP contribution is -2.08. The first-order valence-corrected chi connectivity index (χ1v) is 6.83. The van der Waals surface area contributed by atoms with E-state index in [1.54, 1.807) is 7.11 Å². The van der Waals surface area contributed by atoms with Gasteiger partial charge in [-0.15, -0.1) is 0 Å². The molecule has 0 bridgehead atoms. The monoisotopic (exact) mass is 267 g/mol. The largest absolute Gasteiger partial charge is 0.493 e. The van der Waals surface area contributed by atoms with Crippen LogP contribution in [0.2, 0.25) is 0 Å². The molecule has 0 aromatic heterocycles. The van der Waals surface area contributed by atoms with Crippen LogP contribution >= 0.6 is 0 Å². The summed E-state index contributed by atoms with van der Waals surface area (Å²) in [6.07, 6.45) is 3.26. The molecule has 0 amide bonds. The molecule has 0 radical (unpaired) electrons. The van der Waals surface area contributed by atoms with E-state index in [-0.39, 0.29) is 0 Å². The Morgan fingerprint density at radius 1 is 1.00 bits per heavy atom. The van der Waals surface area contributed by atoms with Crippen molar-refractivity contribution in [3.05, 3.63) is 23.8 Å². The lowest BCUT2D eigenvalue weighted by molar-refractivity contribution is 0.0962. The summed E-state index contributed by atoms with van der Waals surface area (Å²) in [5.41, 5.74) is 6.57. The Morgan fingerprint density at radius 2 is 1.84 bits per heavy atom. The fourth-order valence-corrected chi connectivity index (χ4v) is 1.73. The van der Waals surface area contributed by atoms with Gasteiger partial charge in [0.25, 0.3) is 0 Å². The minimum absolute atomic E-state index is 0.538. The molecule has 0 aliphatic heterocycles. The Labute approximate surface area is 115 Å². The van der Waals surface area contributed by atoms with Gasteiger partial charge in [-0.25, -0.2) is 0 Å². The number of hydrogen-bond acceptors (Lipinski definition) is 4. The Hall–Kier alpha value is -1.26.